The number of carbonyl (C=O) groups excluding carboxylic acids is 3. The number of aromatic nitrogens is 1. The van der Waals surface area contributed by atoms with Gasteiger partial charge in [0.15, 0.2) is 0 Å². The van der Waals surface area contributed by atoms with Crippen molar-refractivity contribution < 1.29 is 14.4 Å². The van der Waals surface area contributed by atoms with Gasteiger partial charge in [-0.15, -0.1) is 11.3 Å². The molecular formula is C19H21ClN4O3S. The predicted molar refractivity (Wildman–Crippen MR) is 108 cm³/mol. The molecule has 2 aliphatic heterocycles. The Morgan fingerprint density at radius 1 is 1.25 bits per heavy atom. The molecule has 3 amide bonds. The van der Waals surface area contributed by atoms with Crippen molar-refractivity contribution in [1.82, 2.24) is 14.4 Å². The number of hydrogen-bond donors (Lipinski definition) is 0. The first-order chi connectivity index (χ1) is 13.3. The number of amides is 3. The Kier molecular flexibility index (Phi) is 4.71. The number of thiophene rings is 1. The van der Waals surface area contributed by atoms with Gasteiger partial charge in [-0.3, -0.25) is 14.4 Å². The topological polar surface area (TPSA) is 65.9 Å². The first-order valence-corrected chi connectivity index (χ1v) is 10.3. The number of nitrogens with zero attached hydrogens (tertiary/aromatic N) is 4. The third kappa shape index (κ3) is 2.91. The minimum Gasteiger partial charge on any atom is -0.345 e. The highest BCUT2D eigenvalue weighted by atomic mass is 35.5. The summed E-state index contributed by atoms with van der Waals surface area (Å²) in [6, 6.07) is 1.67. The van der Waals surface area contributed by atoms with Gasteiger partial charge in [0.1, 0.15) is 17.2 Å². The second-order valence-electron chi connectivity index (χ2n) is 7.11. The minimum atomic E-state index is -0.120. The molecular weight excluding hydrogens is 400 g/mol. The van der Waals surface area contributed by atoms with E-state index in [1.807, 2.05) is 6.92 Å². The molecule has 0 atom stereocenters. The van der Waals surface area contributed by atoms with Crippen LogP contribution in [0.4, 0.5) is 5.00 Å². The lowest BCUT2D eigenvalue weighted by Gasteiger charge is -2.27. The average molecular weight is 421 g/mol. The van der Waals surface area contributed by atoms with E-state index in [1.165, 1.54) is 16.2 Å². The van der Waals surface area contributed by atoms with Crippen LogP contribution >= 0.6 is 22.9 Å². The molecule has 7 nitrogen and oxygen atoms in total. The van der Waals surface area contributed by atoms with Crippen molar-refractivity contribution in [3.05, 3.63) is 39.0 Å². The Bertz CT molecular complexity index is 996. The van der Waals surface area contributed by atoms with E-state index in [0.29, 0.717) is 47.3 Å². The molecule has 148 valence electrons. The zero-order valence-corrected chi connectivity index (χ0v) is 17.6. The summed E-state index contributed by atoms with van der Waals surface area (Å²) in [5, 5.41) is 1.24. The Hall–Kier alpha value is -2.32. The van der Waals surface area contributed by atoms with E-state index in [2.05, 4.69) is 0 Å². The van der Waals surface area contributed by atoms with Crippen LogP contribution in [0.2, 0.25) is 5.02 Å². The lowest BCUT2D eigenvalue weighted by Crippen LogP contribution is -2.38. The second kappa shape index (κ2) is 6.93. The molecule has 0 fully saturated rings. The second-order valence-corrected chi connectivity index (χ2v) is 8.63. The SMILES string of the molecule is CCN1C(=O)CN(C)C(=O)c2c1sc1c2CCN(C(=O)c2cc(Cl)cn2C)C1. The van der Waals surface area contributed by atoms with E-state index in [9.17, 15) is 14.4 Å². The molecule has 28 heavy (non-hydrogen) atoms. The van der Waals surface area contributed by atoms with Crippen LogP contribution in [0.25, 0.3) is 0 Å². The molecule has 0 saturated carbocycles. The fraction of sp³-hybridized carbons (Fsp3) is 0.421. The van der Waals surface area contributed by atoms with Gasteiger partial charge in [0.05, 0.1) is 17.1 Å². The lowest BCUT2D eigenvalue weighted by atomic mass is 10.0. The van der Waals surface area contributed by atoms with Gasteiger partial charge in [-0.25, -0.2) is 0 Å². The number of fused-ring (bicyclic) bond motifs is 3. The van der Waals surface area contributed by atoms with Crippen molar-refractivity contribution in [1.29, 1.82) is 0 Å². The number of anilines is 1. The molecule has 0 aliphatic carbocycles. The van der Waals surface area contributed by atoms with Crippen LogP contribution in [0.15, 0.2) is 12.3 Å². The molecule has 0 aromatic carbocycles. The van der Waals surface area contributed by atoms with Gasteiger partial charge in [0, 0.05) is 38.3 Å². The number of hydrogen-bond acceptors (Lipinski definition) is 4. The molecule has 2 aromatic heterocycles. The largest absolute Gasteiger partial charge is 0.345 e. The summed E-state index contributed by atoms with van der Waals surface area (Å²) >= 11 is 7.47. The summed E-state index contributed by atoms with van der Waals surface area (Å²) in [6.07, 6.45) is 2.30. The van der Waals surface area contributed by atoms with Gasteiger partial charge < -0.3 is 19.3 Å². The van der Waals surface area contributed by atoms with E-state index in [1.54, 1.807) is 40.7 Å². The third-order valence-electron chi connectivity index (χ3n) is 5.31. The monoisotopic (exact) mass is 420 g/mol. The zero-order valence-electron chi connectivity index (χ0n) is 16.0. The molecule has 0 unspecified atom stereocenters. The van der Waals surface area contributed by atoms with Gasteiger partial charge in [-0.1, -0.05) is 11.6 Å². The molecule has 4 rings (SSSR count). The van der Waals surface area contributed by atoms with Crippen molar-refractivity contribution in [2.75, 3.05) is 31.6 Å². The molecule has 0 bridgehead atoms. The molecule has 0 saturated heterocycles. The van der Waals surface area contributed by atoms with Gasteiger partial charge >= 0.3 is 0 Å². The van der Waals surface area contributed by atoms with E-state index >= 15 is 0 Å². The van der Waals surface area contributed by atoms with Crippen LogP contribution < -0.4 is 4.90 Å². The molecule has 0 N–H and O–H groups in total. The van der Waals surface area contributed by atoms with E-state index in [0.717, 1.165) is 10.4 Å². The van der Waals surface area contributed by atoms with Crippen molar-refractivity contribution in [2.45, 2.75) is 19.9 Å². The Labute approximate surface area is 172 Å². The van der Waals surface area contributed by atoms with Crippen molar-refractivity contribution in [2.24, 2.45) is 7.05 Å². The van der Waals surface area contributed by atoms with E-state index < -0.39 is 0 Å². The van der Waals surface area contributed by atoms with Crippen LogP contribution in [-0.2, 0) is 24.8 Å². The van der Waals surface area contributed by atoms with E-state index in [-0.39, 0.29) is 24.3 Å². The molecule has 2 aliphatic rings. The molecule has 4 heterocycles. The van der Waals surface area contributed by atoms with Crippen LogP contribution in [0.5, 0.6) is 0 Å². The summed E-state index contributed by atoms with van der Waals surface area (Å²) < 4.78 is 1.72. The van der Waals surface area contributed by atoms with Crippen LogP contribution in [0.1, 0.15) is 38.2 Å². The normalized spacial score (nSPS) is 16.9. The lowest BCUT2D eigenvalue weighted by molar-refractivity contribution is -0.118. The Balaban J connectivity index is 1.70. The first-order valence-electron chi connectivity index (χ1n) is 9.13. The van der Waals surface area contributed by atoms with Gasteiger partial charge in [-0.05, 0) is 25.0 Å². The van der Waals surface area contributed by atoms with Gasteiger partial charge in [0.2, 0.25) is 5.91 Å². The van der Waals surface area contributed by atoms with Crippen molar-refractivity contribution in [3.63, 3.8) is 0 Å². The number of carbonyl (C=O) groups is 3. The maximum absolute atomic E-state index is 12.9. The maximum Gasteiger partial charge on any atom is 0.270 e. The quantitative estimate of drug-likeness (QED) is 0.749. The molecule has 0 spiro atoms. The molecule has 0 radical (unpaired) electrons. The standard InChI is InChI=1S/C19H21ClN4O3S/c1-4-24-15(25)10-22(3)18(27)16-12-5-6-23(9-14(12)28-19(16)24)17(26)13-7-11(20)8-21(13)2/h7-8H,4-6,9-10H2,1-3H3. The highest BCUT2D eigenvalue weighted by Gasteiger charge is 2.37. The molecule has 9 heteroatoms. The maximum atomic E-state index is 12.9. The Morgan fingerprint density at radius 3 is 2.64 bits per heavy atom. The predicted octanol–water partition coefficient (Wildman–Crippen LogP) is 2.38. The number of aryl methyl sites for hydroxylation is 1. The zero-order chi connectivity index (χ0) is 20.2. The first kappa shape index (κ1) is 19.0. The average Bonchev–Trinajstić information content (AvgIpc) is 3.17. The van der Waals surface area contributed by atoms with Gasteiger partial charge in [0.25, 0.3) is 11.8 Å². The van der Waals surface area contributed by atoms with Crippen LogP contribution in [0.3, 0.4) is 0 Å². The van der Waals surface area contributed by atoms with Gasteiger partial charge in [-0.2, -0.15) is 0 Å². The smallest absolute Gasteiger partial charge is 0.270 e. The highest BCUT2D eigenvalue weighted by Crippen LogP contribution is 2.41. The highest BCUT2D eigenvalue weighted by molar-refractivity contribution is 7.17. The Morgan fingerprint density at radius 2 is 2.00 bits per heavy atom. The molecule has 2 aromatic rings. The number of halogens is 1. The van der Waals surface area contributed by atoms with Crippen molar-refractivity contribution in [3.8, 4) is 0 Å². The summed E-state index contributed by atoms with van der Waals surface area (Å²) in [7, 11) is 3.45. The fourth-order valence-corrected chi connectivity index (χ4v) is 5.54. The van der Waals surface area contributed by atoms with Crippen molar-refractivity contribution >= 4 is 45.7 Å². The number of likely N-dealkylation sites (N-methyl/N-ethyl adjacent to an activating group) is 2. The fourth-order valence-electron chi connectivity index (χ4n) is 3.86. The summed E-state index contributed by atoms with van der Waals surface area (Å²) in [6.45, 7) is 3.45. The minimum absolute atomic E-state index is 0.0814. The number of rotatable bonds is 2. The van der Waals surface area contributed by atoms with Crippen LogP contribution in [0, 0.1) is 0 Å². The summed E-state index contributed by atoms with van der Waals surface area (Å²) in [4.78, 5) is 44.3. The van der Waals surface area contributed by atoms with Crippen LogP contribution in [-0.4, -0.2) is 58.8 Å². The van der Waals surface area contributed by atoms with E-state index in [4.69, 9.17) is 11.6 Å². The summed E-state index contributed by atoms with van der Waals surface area (Å²) in [5.74, 6) is -0.289. The summed E-state index contributed by atoms with van der Waals surface area (Å²) in [5.41, 5.74) is 2.14. The third-order valence-corrected chi connectivity index (χ3v) is 6.76.